The number of carbonyl (C=O) groups is 1. The molecule has 0 unspecified atom stereocenters. The molecule has 3 heteroatoms. The van der Waals surface area contributed by atoms with E-state index < -0.39 is 0 Å². The Kier molecular flexibility index (Phi) is 2.66. The first-order chi connectivity index (χ1) is 6.68. The summed E-state index contributed by atoms with van der Waals surface area (Å²) in [6.07, 6.45) is 8.36. The maximum atomic E-state index is 11.6. The van der Waals surface area contributed by atoms with E-state index in [1.807, 2.05) is 0 Å². The van der Waals surface area contributed by atoms with Crippen LogP contribution >= 0.6 is 0 Å². The summed E-state index contributed by atoms with van der Waals surface area (Å²) in [4.78, 5) is 11.6. The fourth-order valence-electron chi connectivity index (χ4n) is 2.40. The van der Waals surface area contributed by atoms with Crippen molar-refractivity contribution in [2.75, 3.05) is 0 Å². The highest BCUT2D eigenvalue weighted by atomic mass is 16.2. The molecule has 2 rings (SSSR count). The Hall–Kier alpha value is -0.730. The number of hydrogen-bond acceptors (Lipinski definition) is 1. The first-order valence-electron chi connectivity index (χ1n) is 5.77. The molecule has 0 radical (unpaired) electrons. The summed E-state index contributed by atoms with van der Waals surface area (Å²) in [6.45, 7) is 2.13. The average molecular weight is 196 g/mol. The molecule has 0 aromatic heterocycles. The van der Waals surface area contributed by atoms with Crippen molar-refractivity contribution in [1.29, 1.82) is 0 Å². The smallest absolute Gasteiger partial charge is 0.315 e. The zero-order valence-corrected chi connectivity index (χ0v) is 8.94. The normalized spacial score (nSPS) is 25.5. The van der Waals surface area contributed by atoms with Gasteiger partial charge < -0.3 is 10.6 Å². The van der Waals surface area contributed by atoms with Gasteiger partial charge in [-0.1, -0.05) is 12.8 Å². The number of nitrogens with one attached hydrogen (secondary N) is 2. The van der Waals surface area contributed by atoms with Gasteiger partial charge in [0.05, 0.1) is 0 Å². The molecule has 0 saturated heterocycles. The van der Waals surface area contributed by atoms with Gasteiger partial charge in [0.25, 0.3) is 0 Å². The van der Waals surface area contributed by atoms with Crippen molar-refractivity contribution < 1.29 is 4.79 Å². The van der Waals surface area contributed by atoms with Gasteiger partial charge in [0, 0.05) is 11.6 Å². The van der Waals surface area contributed by atoms with Crippen LogP contribution in [0.25, 0.3) is 0 Å². The van der Waals surface area contributed by atoms with Crippen molar-refractivity contribution in [1.82, 2.24) is 10.6 Å². The minimum Gasteiger partial charge on any atom is -0.335 e. The molecule has 0 heterocycles. The molecule has 0 aromatic rings. The summed E-state index contributed by atoms with van der Waals surface area (Å²) in [5.74, 6) is 0. The highest BCUT2D eigenvalue weighted by molar-refractivity contribution is 5.75. The third-order valence-corrected chi connectivity index (χ3v) is 3.56. The van der Waals surface area contributed by atoms with Crippen molar-refractivity contribution in [2.24, 2.45) is 0 Å². The molecule has 2 saturated carbocycles. The molecule has 0 bridgehead atoms. The Morgan fingerprint density at radius 3 is 2.36 bits per heavy atom. The number of amides is 2. The Morgan fingerprint density at radius 1 is 1.21 bits per heavy atom. The lowest BCUT2D eigenvalue weighted by Crippen LogP contribution is -2.55. The topological polar surface area (TPSA) is 41.1 Å². The van der Waals surface area contributed by atoms with Gasteiger partial charge in [0.1, 0.15) is 0 Å². The predicted octanol–water partition coefficient (Wildman–Crippen LogP) is 2.17. The maximum absolute atomic E-state index is 11.6. The molecular formula is C11H20N2O. The van der Waals surface area contributed by atoms with Gasteiger partial charge in [-0.05, 0) is 39.0 Å². The molecule has 2 amide bonds. The molecule has 2 fully saturated rings. The zero-order chi connectivity index (χ0) is 10.0. The van der Waals surface area contributed by atoms with E-state index in [9.17, 15) is 4.79 Å². The molecule has 80 valence electrons. The summed E-state index contributed by atoms with van der Waals surface area (Å²) < 4.78 is 0. The van der Waals surface area contributed by atoms with E-state index in [1.54, 1.807) is 0 Å². The van der Waals surface area contributed by atoms with Crippen LogP contribution in [0.1, 0.15) is 51.9 Å². The largest absolute Gasteiger partial charge is 0.335 e. The highest BCUT2D eigenvalue weighted by Crippen LogP contribution is 2.30. The van der Waals surface area contributed by atoms with Gasteiger partial charge in [-0.15, -0.1) is 0 Å². The molecule has 2 aliphatic rings. The standard InChI is InChI=1S/C11H20N2O/c1-11(7-4-8-11)13-10(14)12-9-5-2-3-6-9/h9H,2-8H2,1H3,(H2,12,13,14). The Balaban J connectivity index is 1.72. The molecule has 0 aromatic carbocycles. The van der Waals surface area contributed by atoms with Crippen LogP contribution in [0.15, 0.2) is 0 Å². The van der Waals surface area contributed by atoms with Crippen LogP contribution < -0.4 is 10.6 Å². The summed E-state index contributed by atoms with van der Waals surface area (Å²) in [5.41, 5.74) is 0.0860. The van der Waals surface area contributed by atoms with E-state index in [2.05, 4.69) is 17.6 Å². The molecule has 14 heavy (non-hydrogen) atoms. The first kappa shape index (κ1) is 9.81. The van der Waals surface area contributed by atoms with E-state index in [-0.39, 0.29) is 11.6 Å². The van der Waals surface area contributed by atoms with Gasteiger partial charge in [-0.2, -0.15) is 0 Å². The van der Waals surface area contributed by atoms with Crippen molar-refractivity contribution >= 4 is 6.03 Å². The minimum atomic E-state index is 0.0408. The summed E-state index contributed by atoms with van der Waals surface area (Å²) >= 11 is 0. The molecule has 0 spiro atoms. The molecule has 0 aliphatic heterocycles. The van der Waals surface area contributed by atoms with Crippen LogP contribution in [-0.4, -0.2) is 17.6 Å². The fourth-order valence-corrected chi connectivity index (χ4v) is 2.40. The van der Waals surface area contributed by atoms with Crippen molar-refractivity contribution in [3.63, 3.8) is 0 Å². The van der Waals surface area contributed by atoms with Gasteiger partial charge in [0.2, 0.25) is 0 Å². The Morgan fingerprint density at radius 2 is 1.86 bits per heavy atom. The highest BCUT2D eigenvalue weighted by Gasteiger charge is 2.33. The van der Waals surface area contributed by atoms with Gasteiger partial charge >= 0.3 is 6.03 Å². The van der Waals surface area contributed by atoms with Gasteiger partial charge in [0.15, 0.2) is 0 Å². The molecule has 3 nitrogen and oxygen atoms in total. The second-order valence-corrected chi connectivity index (χ2v) is 4.99. The van der Waals surface area contributed by atoms with Crippen molar-refractivity contribution in [3.05, 3.63) is 0 Å². The molecule has 2 N–H and O–H groups in total. The summed E-state index contributed by atoms with van der Waals surface area (Å²) in [7, 11) is 0. The minimum absolute atomic E-state index is 0.0408. The lowest BCUT2D eigenvalue weighted by Gasteiger charge is -2.39. The summed E-state index contributed by atoms with van der Waals surface area (Å²) in [5, 5.41) is 6.12. The third kappa shape index (κ3) is 2.20. The van der Waals surface area contributed by atoms with E-state index in [1.165, 1.54) is 19.3 Å². The second-order valence-electron chi connectivity index (χ2n) is 4.99. The van der Waals surface area contributed by atoms with Crippen molar-refractivity contribution in [3.8, 4) is 0 Å². The predicted molar refractivity (Wildman–Crippen MR) is 56.2 cm³/mol. The summed E-state index contributed by atoms with van der Waals surface area (Å²) in [6, 6.07) is 0.470. The van der Waals surface area contributed by atoms with E-state index in [0.29, 0.717) is 6.04 Å². The number of carbonyl (C=O) groups excluding carboxylic acids is 1. The van der Waals surface area contributed by atoms with E-state index in [4.69, 9.17) is 0 Å². The van der Waals surface area contributed by atoms with Crippen LogP contribution in [0.4, 0.5) is 4.79 Å². The van der Waals surface area contributed by atoms with E-state index >= 15 is 0 Å². The van der Waals surface area contributed by atoms with Crippen LogP contribution in [0.5, 0.6) is 0 Å². The van der Waals surface area contributed by atoms with Crippen LogP contribution in [0, 0.1) is 0 Å². The zero-order valence-electron chi connectivity index (χ0n) is 8.94. The van der Waals surface area contributed by atoms with Gasteiger partial charge in [-0.25, -0.2) is 4.79 Å². The van der Waals surface area contributed by atoms with Crippen LogP contribution in [-0.2, 0) is 0 Å². The third-order valence-electron chi connectivity index (χ3n) is 3.56. The number of urea groups is 1. The fraction of sp³-hybridized carbons (Fsp3) is 0.909. The Labute approximate surface area is 85.6 Å². The lowest BCUT2D eigenvalue weighted by atomic mass is 9.79. The maximum Gasteiger partial charge on any atom is 0.315 e. The lowest BCUT2D eigenvalue weighted by molar-refractivity contribution is 0.189. The average Bonchev–Trinajstić information content (AvgIpc) is 2.53. The molecule has 0 atom stereocenters. The van der Waals surface area contributed by atoms with Crippen LogP contribution in [0.3, 0.4) is 0 Å². The molecular weight excluding hydrogens is 176 g/mol. The van der Waals surface area contributed by atoms with E-state index in [0.717, 1.165) is 25.7 Å². The monoisotopic (exact) mass is 196 g/mol. The Bertz CT molecular complexity index is 217. The van der Waals surface area contributed by atoms with Crippen LogP contribution in [0.2, 0.25) is 0 Å². The first-order valence-corrected chi connectivity index (χ1v) is 5.77. The SMILES string of the molecule is CC1(NC(=O)NC2CCCC2)CCC1. The number of rotatable bonds is 2. The quantitative estimate of drug-likeness (QED) is 0.698. The van der Waals surface area contributed by atoms with Gasteiger partial charge in [-0.3, -0.25) is 0 Å². The second kappa shape index (κ2) is 3.79. The number of hydrogen-bond donors (Lipinski definition) is 2. The van der Waals surface area contributed by atoms with Crippen molar-refractivity contribution in [2.45, 2.75) is 63.5 Å². The molecule has 2 aliphatic carbocycles.